The molecule has 4 rings (SSSR count). The zero-order chi connectivity index (χ0) is 13.2. The quantitative estimate of drug-likeness (QED) is 0.611. The summed E-state index contributed by atoms with van der Waals surface area (Å²) in [7, 11) is 0. The average molecular weight is 266 g/mol. The van der Waals surface area contributed by atoms with Crippen molar-refractivity contribution in [2.24, 2.45) is 5.41 Å². The normalized spacial score (nSPS) is 19.4. The lowest BCUT2D eigenvalue weighted by molar-refractivity contribution is 0.363. The fourth-order valence-electron chi connectivity index (χ4n) is 3.72. The van der Waals surface area contributed by atoms with E-state index in [1.54, 1.807) is 16.7 Å². The van der Waals surface area contributed by atoms with Gasteiger partial charge in [-0.1, -0.05) is 51.1 Å². The van der Waals surface area contributed by atoms with Crippen molar-refractivity contribution in [3.63, 3.8) is 0 Å². The van der Waals surface area contributed by atoms with Crippen molar-refractivity contribution in [3.8, 4) is 11.1 Å². The van der Waals surface area contributed by atoms with Crippen LogP contribution in [-0.2, 0) is 5.75 Å². The van der Waals surface area contributed by atoms with Crippen LogP contribution in [0.15, 0.2) is 41.3 Å². The Morgan fingerprint density at radius 3 is 2.37 bits per heavy atom. The molecule has 0 saturated heterocycles. The third kappa shape index (κ3) is 1.48. The van der Waals surface area contributed by atoms with Crippen molar-refractivity contribution in [2.45, 2.75) is 37.3 Å². The van der Waals surface area contributed by atoms with Crippen LogP contribution in [-0.4, -0.2) is 0 Å². The maximum Gasteiger partial charge on any atom is 0.0238 e. The van der Waals surface area contributed by atoms with Crippen molar-refractivity contribution in [2.75, 3.05) is 0 Å². The van der Waals surface area contributed by atoms with Crippen molar-refractivity contribution < 1.29 is 0 Å². The first kappa shape index (κ1) is 11.6. The van der Waals surface area contributed by atoms with E-state index in [0.717, 1.165) is 5.75 Å². The maximum absolute atomic E-state index is 2.36. The molecule has 0 bridgehead atoms. The number of benzene rings is 2. The van der Waals surface area contributed by atoms with Crippen LogP contribution in [0.25, 0.3) is 11.1 Å². The van der Waals surface area contributed by atoms with Gasteiger partial charge in [0.1, 0.15) is 0 Å². The summed E-state index contributed by atoms with van der Waals surface area (Å²) in [6, 6.07) is 13.7. The molecule has 2 aromatic carbocycles. The molecule has 1 heterocycles. The Balaban J connectivity index is 2.12. The van der Waals surface area contributed by atoms with Crippen molar-refractivity contribution in [1.82, 2.24) is 0 Å². The van der Waals surface area contributed by atoms with Crippen molar-refractivity contribution >= 4 is 11.8 Å². The van der Waals surface area contributed by atoms with Crippen LogP contribution < -0.4 is 0 Å². The minimum Gasteiger partial charge on any atom is -0.121 e. The Hall–Kier alpha value is -1.21. The minimum absolute atomic E-state index is 0.270. The summed E-state index contributed by atoms with van der Waals surface area (Å²) < 4.78 is 0. The second-order valence-electron chi connectivity index (χ2n) is 6.69. The van der Waals surface area contributed by atoms with Gasteiger partial charge in [-0.2, -0.15) is 0 Å². The maximum atomic E-state index is 2.36. The van der Waals surface area contributed by atoms with E-state index >= 15 is 0 Å². The third-order valence-corrected chi connectivity index (χ3v) is 5.47. The van der Waals surface area contributed by atoms with Gasteiger partial charge in [0.15, 0.2) is 0 Å². The van der Waals surface area contributed by atoms with Crippen LogP contribution in [0.2, 0.25) is 0 Å². The summed E-state index contributed by atoms with van der Waals surface area (Å²) in [6.07, 6.45) is 0. The van der Waals surface area contributed by atoms with E-state index in [1.165, 1.54) is 16.0 Å². The molecular formula is C18H18S. The molecule has 1 aliphatic carbocycles. The Morgan fingerprint density at radius 2 is 1.63 bits per heavy atom. The SMILES string of the molecule is CC(C)(C)C1c2cccc3c2-c2c(cccc21)SC3. The first-order valence-electron chi connectivity index (χ1n) is 6.95. The van der Waals surface area contributed by atoms with Gasteiger partial charge in [0, 0.05) is 16.6 Å². The fourth-order valence-corrected chi connectivity index (χ4v) is 4.81. The van der Waals surface area contributed by atoms with E-state index < -0.39 is 0 Å². The molecule has 0 amide bonds. The number of hydrogen-bond acceptors (Lipinski definition) is 1. The van der Waals surface area contributed by atoms with Crippen LogP contribution in [0.4, 0.5) is 0 Å². The van der Waals surface area contributed by atoms with Gasteiger partial charge < -0.3 is 0 Å². The summed E-state index contributed by atoms with van der Waals surface area (Å²) in [5, 5.41) is 0. The molecule has 0 fully saturated rings. The van der Waals surface area contributed by atoms with Crippen LogP contribution in [0, 0.1) is 5.41 Å². The third-order valence-electron chi connectivity index (χ3n) is 4.36. The number of thioether (sulfide) groups is 1. The number of rotatable bonds is 0. The fraction of sp³-hybridized carbons (Fsp3) is 0.333. The first-order valence-corrected chi connectivity index (χ1v) is 7.94. The zero-order valence-electron chi connectivity index (χ0n) is 11.7. The highest BCUT2D eigenvalue weighted by Crippen LogP contribution is 2.58. The summed E-state index contributed by atoms with van der Waals surface area (Å²) in [5.41, 5.74) is 7.96. The van der Waals surface area contributed by atoms with E-state index in [9.17, 15) is 0 Å². The molecule has 2 aliphatic rings. The standard InChI is InChI=1S/C18H18S/c1-18(2,3)17-12-7-4-6-11-10-19-14-9-5-8-13(17)16(14)15(11)12/h4-9,17H,10H2,1-3H3. The Kier molecular flexibility index (Phi) is 2.24. The second-order valence-corrected chi connectivity index (χ2v) is 7.71. The Morgan fingerprint density at radius 1 is 0.947 bits per heavy atom. The highest BCUT2D eigenvalue weighted by atomic mass is 32.2. The minimum atomic E-state index is 0.270. The molecular weight excluding hydrogens is 248 g/mol. The van der Waals surface area contributed by atoms with Crippen LogP contribution in [0.5, 0.6) is 0 Å². The molecule has 0 aromatic heterocycles. The monoisotopic (exact) mass is 266 g/mol. The van der Waals surface area contributed by atoms with Gasteiger partial charge in [-0.05, 0) is 39.3 Å². The smallest absolute Gasteiger partial charge is 0.0238 e. The number of hydrogen-bond donors (Lipinski definition) is 0. The molecule has 1 aliphatic heterocycles. The summed E-state index contributed by atoms with van der Waals surface area (Å²) >= 11 is 1.99. The van der Waals surface area contributed by atoms with Crippen LogP contribution >= 0.6 is 11.8 Å². The Bertz CT molecular complexity index is 623. The molecule has 19 heavy (non-hydrogen) atoms. The zero-order valence-corrected chi connectivity index (χ0v) is 12.5. The first-order chi connectivity index (χ1) is 9.07. The van der Waals surface area contributed by atoms with Crippen LogP contribution in [0.1, 0.15) is 43.4 Å². The van der Waals surface area contributed by atoms with E-state index in [1.807, 2.05) is 11.8 Å². The lowest BCUT2D eigenvalue weighted by atomic mass is 9.75. The van der Waals surface area contributed by atoms with E-state index in [0.29, 0.717) is 5.92 Å². The van der Waals surface area contributed by atoms with Gasteiger partial charge in [-0.3, -0.25) is 0 Å². The van der Waals surface area contributed by atoms with Gasteiger partial charge in [0.2, 0.25) is 0 Å². The molecule has 0 saturated carbocycles. The second kappa shape index (κ2) is 3.67. The largest absolute Gasteiger partial charge is 0.121 e. The predicted octanol–water partition coefficient (Wildman–Crippen LogP) is 5.45. The highest BCUT2D eigenvalue weighted by Gasteiger charge is 2.39. The molecule has 96 valence electrons. The molecule has 0 nitrogen and oxygen atoms in total. The van der Waals surface area contributed by atoms with Gasteiger partial charge in [0.05, 0.1) is 0 Å². The lowest BCUT2D eigenvalue weighted by Gasteiger charge is -2.29. The van der Waals surface area contributed by atoms with Gasteiger partial charge in [0.25, 0.3) is 0 Å². The molecule has 1 unspecified atom stereocenters. The lowest BCUT2D eigenvalue weighted by Crippen LogP contribution is -2.17. The molecule has 1 atom stereocenters. The average Bonchev–Trinajstić information content (AvgIpc) is 2.72. The molecule has 0 N–H and O–H groups in total. The highest BCUT2D eigenvalue weighted by molar-refractivity contribution is 7.98. The van der Waals surface area contributed by atoms with E-state index in [4.69, 9.17) is 0 Å². The molecule has 1 heteroatoms. The molecule has 2 aromatic rings. The van der Waals surface area contributed by atoms with Gasteiger partial charge in [-0.15, -0.1) is 11.8 Å². The van der Waals surface area contributed by atoms with Gasteiger partial charge in [-0.25, -0.2) is 0 Å². The van der Waals surface area contributed by atoms with Crippen molar-refractivity contribution in [1.29, 1.82) is 0 Å². The molecule has 0 radical (unpaired) electrons. The molecule has 0 spiro atoms. The summed E-state index contributed by atoms with van der Waals surface area (Å²) in [5.74, 6) is 1.66. The predicted molar refractivity (Wildman–Crippen MR) is 82.7 cm³/mol. The van der Waals surface area contributed by atoms with Crippen molar-refractivity contribution in [3.05, 3.63) is 53.1 Å². The van der Waals surface area contributed by atoms with Crippen LogP contribution in [0.3, 0.4) is 0 Å². The summed E-state index contributed by atoms with van der Waals surface area (Å²) in [4.78, 5) is 1.48. The van der Waals surface area contributed by atoms with Gasteiger partial charge >= 0.3 is 0 Å². The van der Waals surface area contributed by atoms with E-state index in [-0.39, 0.29) is 5.41 Å². The topological polar surface area (TPSA) is 0 Å². The summed E-state index contributed by atoms with van der Waals surface area (Å²) in [6.45, 7) is 7.09. The van der Waals surface area contributed by atoms with E-state index in [2.05, 4.69) is 57.2 Å². The Labute approximate surface area is 119 Å².